The lowest BCUT2D eigenvalue weighted by atomic mass is 9.91. The molecule has 0 bridgehead atoms. The van der Waals surface area contributed by atoms with Crippen LogP contribution >= 0.6 is 23.2 Å². The predicted molar refractivity (Wildman–Crippen MR) is 141 cm³/mol. The SMILES string of the molecule is COc1cc(C)c(/C(O)=C2\C(=O)C(=O)N(c3cc(Cl)cc(Cl)c3)C2c2cccc(O)c2)cc1C(C)C. The van der Waals surface area contributed by atoms with Crippen molar-refractivity contribution in [2.45, 2.75) is 32.7 Å². The summed E-state index contributed by atoms with van der Waals surface area (Å²) in [7, 11) is 1.57. The standard InChI is InChI=1S/C28H25Cl2NO5/c1-14(2)21-13-22(15(3)8-23(21)36-4)26(33)24-25(16-6-5-7-20(32)9-16)31(28(35)27(24)34)19-11-17(29)10-18(30)12-19/h5-14,25,32-33H,1-4H3/b26-24+. The van der Waals surface area contributed by atoms with E-state index in [1.807, 2.05) is 13.8 Å². The number of carbonyl (C=O) groups excluding carboxylic acids is 2. The lowest BCUT2D eigenvalue weighted by Gasteiger charge is -2.26. The van der Waals surface area contributed by atoms with Crippen molar-refractivity contribution < 1.29 is 24.5 Å². The molecule has 4 rings (SSSR count). The summed E-state index contributed by atoms with van der Waals surface area (Å²) in [4.78, 5) is 28.0. The number of aryl methyl sites for hydroxylation is 1. The summed E-state index contributed by atoms with van der Waals surface area (Å²) >= 11 is 12.4. The minimum Gasteiger partial charge on any atom is -0.508 e. The number of ketones is 1. The molecule has 1 fully saturated rings. The third-order valence-corrected chi connectivity index (χ3v) is 6.65. The molecule has 0 radical (unpaired) electrons. The number of halogens is 2. The van der Waals surface area contributed by atoms with Crippen LogP contribution in [0.4, 0.5) is 5.69 Å². The Bertz CT molecular complexity index is 1390. The summed E-state index contributed by atoms with van der Waals surface area (Å²) < 4.78 is 5.51. The van der Waals surface area contributed by atoms with Gasteiger partial charge in [0.05, 0.1) is 18.7 Å². The van der Waals surface area contributed by atoms with Gasteiger partial charge in [-0.25, -0.2) is 0 Å². The number of carbonyl (C=O) groups is 2. The maximum Gasteiger partial charge on any atom is 0.300 e. The molecule has 3 aromatic rings. The Hall–Kier alpha value is -3.48. The van der Waals surface area contributed by atoms with E-state index in [1.54, 1.807) is 38.3 Å². The van der Waals surface area contributed by atoms with Crippen LogP contribution in [0.2, 0.25) is 10.0 Å². The van der Waals surface area contributed by atoms with E-state index in [9.17, 15) is 19.8 Å². The molecule has 1 amide bonds. The summed E-state index contributed by atoms with van der Waals surface area (Å²) in [5.74, 6) is -1.34. The van der Waals surface area contributed by atoms with Crippen LogP contribution in [0.5, 0.6) is 11.5 Å². The number of aliphatic hydroxyl groups is 1. The average Bonchev–Trinajstić information content (AvgIpc) is 3.08. The molecule has 3 aromatic carbocycles. The number of phenols is 1. The van der Waals surface area contributed by atoms with E-state index in [2.05, 4.69) is 0 Å². The molecule has 2 N–H and O–H groups in total. The molecular weight excluding hydrogens is 501 g/mol. The second kappa shape index (κ2) is 9.88. The molecule has 1 atom stereocenters. The van der Waals surface area contributed by atoms with Gasteiger partial charge in [0, 0.05) is 21.3 Å². The van der Waals surface area contributed by atoms with Gasteiger partial charge in [0.15, 0.2) is 0 Å². The maximum atomic E-state index is 13.4. The summed E-state index contributed by atoms with van der Waals surface area (Å²) in [6.07, 6.45) is 0. The molecule has 186 valence electrons. The van der Waals surface area contributed by atoms with Gasteiger partial charge in [-0.1, -0.05) is 49.2 Å². The summed E-state index contributed by atoms with van der Waals surface area (Å²) in [6, 6.07) is 13.3. The first kappa shape index (κ1) is 25.6. The largest absolute Gasteiger partial charge is 0.508 e. The van der Waals surface area contributed by atoms with E-state index in [0.29, 0.717) is 22.4 Å². The van der Waals surface area contributed by atoms with Gasteiger partial charge < -0.3 is 14.9 Å². The highest BCUT2D eigenvalue weighted by atomic mass is 35.5. The van der Waals surface area contributed by atoms with Crippen LogP contribution in [0, 0.1) is 6.92 Å². The smallest absolute Gasteiger partial charge is 0.300 e. The highest BCUT2D eigenvalue weighted by molar-refractivity contribution is 6.52. The number of aromatic hydroxyl groups is 1. The molecule has 8 heteroatoms. The van der Waals surface area contributed by atoms with E-state index < -0.39 is 17.7 Å². The topological polar surface area (TPSA) is 87.1 Å². The highest BCUT2D eigenvalue weighted by Gasteiger charge is 2.47. The average molecular weight is 526 g/mol. The van der Waals surface area contributed by atoms with Gasteiger partial charge in [0.1, 0.15) is 17.3 Å². The number of aliphatic hydroxyl groups excluding tert-OH is 1. The van der Waals surface area contributed by atoms with Gasteiger partial charge in [-0.15, -0.1) is 0 Å². The number of rotatable bonds is 5. The van der Waals surface area contributed by atoms with E-state index in [-0.39, 0.29) is 38.7 Å². The number of ether oxygens (including phenoxy) is 1. The lowest BCUT2D eigenvalue weighted by molar-refractivity contribution is -0.132. The minimum absolute atomic E-state index is 0.0510. The normalized spacial score (nSPS) is 17.2. The van der Waals surface area contributed by atoms with Crippen LogP contribution in [0.1, 0.15) is 48.1 Å². The van der Waals surface area contributed by atoms with Crippen molar-refractivity contribution in [1.29, 1.82) is 0 Å². The monoisotopic (exact) mass is 525 g/mol. The van der Waals surface area contributed by atoms with Crippen molar-refractivity contribution in [2.75, 3.05) is 12.0 Å². The second-order valence-electron chi connectivity index (χ2n) is 8.96. The van der Waals surface area contributed by atoms with E-state index in [1.165, 1.54) is 35.2 Å². The first-order valence-electron chi connectivity index (χ1n) is 11.3. The van der Waals surface area contributed by atoms with Crippen molar-refractivity contribution in [2.24, 2.45) is 0 Å². The zero-order valence-electron chi connectivity index (χ0n) is 20.2. The fraction of sp³-hybridized carbons (Fsp3) is 0.214. The zero-order valence-corrected chi connectivity index (χ0v) is 21.7. The molecule has 0 saturated carbocycles. The molecule has 1 aliphatic heterocycles. The van der Waals surface area contributed by atoms with Crippen LogP contribution < -0.4 is 9.64 Å². The number of hydrogen-bond donors (Lipinski definition) is 2. The highest BCUT2D eigenvalue weighted by Crippen LogP contribution is 2.45. The van der Waals surface area contributed by atoms with Gasteiger partial charge in [-0.05, 0) is 72.0 Å². The van der Waals surface area contributed by atoms with Gasteiger partial charge in [-0.2, -0.15) is 0 Å². The number of benzene rings is 3. The second-order valence-corrected chi connectivity index (χ2v) is 9.83. The lowest BCUT2D eigenvalue weighted by Crippen LogP contribution is -2.29. The molecule has 0 aliphatic carbocycles. The number of nitrogens with zero attached hydrogens (tertiary/aromatic N) is 1. The number of anilines is 1. The molecule has 1 heterocycles. The Morgan fingerprint density at radius 3 is 2.28 bits per heavy atom. The van der Waals surface area contributed by atoms with Crippen molar-refractivity contribution in [3.63, 3.8) is 0 Å². The van der Waals surface area contributed by atoms with E-state index in [4.69, 9.17) is 27.9 Å². The third-order valence-electron chi connectivity index (χ3n) is 6.21. The number of phenolic OH excluding ortho intramolecular Hbond substituents is 1. The van der Waals surface area contributed by atoms with Crippen LogP contribution in [0.15, 0.2) is 60.2 Å². The number of hydrogen-bond acceptors (Lipinski definition) is 5. The Balaban J connectivity index is 2.01. The molecule has 1 saturated heterocycles. The van der Waals surface area contributed by atoms with Crippen LogP contribution in [0.25, 0.3) is 5.76 Å². The van der Waals surface area contributed by atoms with Crippen molar-refractivity contribution in [3.05, 3.63) is 92.5 Å². The Kier molecular flexibility index (Phi) is 7.03. The molecule has 6 nitrogen and oxygen atoms in total. The first-order chi connectivity index (χ1) is 17.0. The fourth-order valence-electron chi connectivity index (χ4n) is 4.51. The zero-order chi connectivity index (χ0) is 26.3. The molecule has 1 unspecified atom stereocenters. The molecule has 0 aromatic heterocycles. The Morgan fingerprint density at radius 1 is 1.03 bits per heavy atom. The quantitative estimate of drug-likeness (QED) is 0.218. The van der Waals surface area contributed by atoms with Crippen LogP contribution in [0.3, 0.4) is 0 Å². The minimum atomic E-state index is -1.03. The summed E-state index contributed by atoms with van der Waals surface area (Å²) in [5.41, 5.74) is 2.53. The Labute approximate surface area is 219 Å². The molecule has 0 spiro atoms. The maximum absolute atomic E-state index is 13.4. The van der Waals surface area contributed by atoms with Crippen molar-refractivity contribution in [3.8, 4) is 11.5 Å². The van der Waals surface area contributed by atoms with Gasteiger partial charge in [0.2, 0.25) is 0 Å². The summed E-state index contributed by atoms with van der Waals surface area (Å²) in [6.45, 7) is 5.77. The first-order valence-corrected chi connectivity index (χ1v) is 12.0. The molecule has 36 heavy (non-hydrogen) atoms. The molecular formula is C28H25Cl2NO5. The van der Waals surface area contributed by atoms with E-state index in [0.717, 1.165) is 5.56 Å². The van der Waals surface area contributed by atoms with Gasteiger partial charge in [-0.3, -0.25) is 14.5 Å². The third kappa shape index (κ3) is 4.54. The van der Waals surface area contributed by atoms with Crippen molar-refractivity contribution in [1.82, 2.24) is 0 Å². The van der Waals surface area contributed by atoms with E-state index >= 15 is 0 Å². The number of methoxy groups -OCH3 is 1. The van der Waals surface area contributed by atoms with Crippen LogP contribution in [-0.4, -0.2) is 29.0 Å². The Morgan fingerprint density at radius 2 is 1.69 bits per heavy atom. The fourth-order valence-corrected chi connectivity index (χ4v) is 5.03. The van der Waals surface area contributed by atoms with Crippen molar-refractivity contribution >= 4 is 46.3 Å². The van der Waals surface area contributed by atoms with Gasteiger partial charge >= 0.3 is 0 Å². The summed E-state index contributed by atoms with van der Waals surface area (Å²) in [5, 5.41) is 22.3. The number of amides is 1. The van der Waals surface area contributed by atoms with Crippen LogP contribution in [-0.2, 0) is 9.59 Å². The predicted octanol–water partition coefficient (Wildman–Crippen LogP) is 6.77. The number of Topliss-reactive ketones (excluding diaryl/α,β-unsaturated/α-hetero) is 1. The van der Waals surface area contributed by atoms with Gasteiger partial charge in [0.25, 0.3) is 11.7 Å². The molecule has 1 aliphatic rings.